The predicted octanol–water partition coefficient (Wildman–Crippen LogP) is 21.7. The second kappa shape index (κ2) is 17.9. The van der Waals surface area contributed by atoms with Gasteiger partial charge in [-0.3, -0.25) is 0 Å². The van der Waals surface area contributed by atoms with Crippen molar-refractivity contribution in [3.63, 3.8) is 0 Å². The van der Waals surface area contributed by atoms with Crippen molar-refractivity contribution in [1.29, 1.82) is 5.26 Å². The Balaban J connectivity index is 0.960. The van der Waals surface area contributed by atoms with Gasteiger partial charge in [-0.25, -0.2) is 4.85 Å². The molecule has 0 saturated heterocycles. The molecule has 2 heterocycles. The molecule has 0 atom stereocenters. The van der Waals surface area contributed by atoms with E-state index in [4.69, 9.17) is 15.4 Å². The number of hydrogen-bond donors (Lipinski definition) is 0. The maximum absolute atomic E-state index is 10.1. The summed E-state index contributed by atoms with van der Waals surface area (Å²) >= 11 is 0. The highest BCUT2D eigenvalue weighted by molar-refractivity contribution is 6.31. The molecule has 0 N–H and O–H groups in total. The molecule has 16 rings (SSSR count). The lowest BCUT2D eigenvalue weighted by Gasteiger charge is -2.29. The molecule has 0 fully saturated rings. The van der Waals surface area contributed by atoms with E-state index in [0.717, 1.165) is 160 Å². The predicted molar refractivity (Wildman–Crippen MR) is 336 cm³/mol. The second-order valence-corrected chi connectivity index (χ2v) is 20.9. The summed E-state index contributed by atoms with van der Waals surface area (Å²) in [6.07, 6.45) is 0. The van der Waals surface area contributed by atoms with E-state index in [9.17, 15) is 5.26 Å². The van der Waals surface area contributed by atoms with E-state index < -0.39 is 0 Å². The summed E-state index contributed by atoms with van der Waals surface area (Å²) in [5.74, 6) is 0. The fourth-order valence-electron chi connectivity index (χ4n) is 12.9. The highest BCUT2D eigenvalue weighted by Gasteiger charge is 2.28. The molecule has 6 heteroatoms. The third kappa shape index (κ3) is 6.98. The van der Waals surface area contributed by atoms with E-state index in [-0.39, 0.29) is 0 Å². The summed E-state index contributed by atoms with van der Waals surface area (Å²) in [6.45, 7) is 10.1. The lowest BCUT2D eigenvalue weighted by atomic mass is 9.89. The number of para-hydroxylation sites is 2. The number of benzene rings is 14. The second-order valence-electron chi connectivity index (χ2n) is 20.9. The quantitative estimate of drug-likeness (QED) is 0.112. The van der Waals surface area contributed by atoms with Crippen LogP contribution in [0.1, 0.15) is 11.1 Å². The van der Waals surface area contributed by atoms with E-state index >= 15 is 0 Å². The highest BCUT2D eigenvalue weighted by Crippen LogP contribution is 2.53. The van der Waals surface area contributed by atoms with Gasteiger partial charge >= 0.3 is 0 Å². The van der Waals surface area contributed by atoms with Crippen molar-refractivity contribution in [3.05, 3.63) is 271 Å². The van der Waals surface area contributed by atoms with Gasteiger partial charge in [0.2, 0.25) is 0 Å². The number of hydrogen-bond acceptors (Lipinski definition) is 5. The molecule has 16 aromatic rings. The van der Waals surface area contributed by atoms with Crippen LogP contribution >= 0.6 is 0 Å². The molecule has 2 aromatic heterocycles. The van der Waals surface area contributed by atoms with Gasteiger partial charge in [0.15, 0.2) is 16.9 Å². The first-order valence-corrected chi connectivity index (χ1v) is 27.1. The van der Waals surface area contributed by atoms with Crippen LogP contribution in [-0.2, 0) is 0 Å². The monoisotopic (exact) mass is 1030 g/mol. The molecule has 0 aliphatic heterocycles. The van der Waals surface area contributed by atoms with Crippen molar-refractivity contribution < 1.29 is 8.83 Å². The standard InChI is InChI=1S/C75H44N4O2/c1-45-41-63-65(79(53-33-27-46(44-76)28-34-53)67-26-14-24-60-71-57-22-12-10-20-51(57)43-62(75(71)81-73(60)67)48-17-7-4-8-18-48)39-30-49-29-37-58-64(40-38-55(45)69(58)68(49)63)78(54-35-31-52(77-2)32-36-54)66-25-13-23-59-70-56-21-11-9-19-50(56)42-61(74(70)80-72(59)66)47-15-5-3-6-16-47/h3-43H,1H3. The summed E-state index contributed by atoms with van der Waals surface area (Å²) < 4.78 is 14.6. The molecule has 0 spiro atoms. The van der Waals surface area contributed by atoms with Gasteiger partial charge in [-0.2, -0.15) is 5.26 Å². The van der Waals surface area contributed by atoms with Crippen LogP contribution in [-0.4, -0.2) is 0 Å². The normalized spacial score (nSPS) is 11.7. The molecule has 0 aliphatic rings. The largest absolute Gasteiger partial charge is 0.453 e. The first-order chi connectivity index (χ1) is 40.0. The van der Waals surface area contributed by atoms with Gasteiger partial charge in [0.05, 0.1) is 41.0 Å². The van der Waals surface area contributed by atoms with E-state index in [0.29, 0.717) is 11.3 Å². The van der Waals surface area contributed by atoms with Crippen LogP contribution in [0, 0.1) is 24.8 Å². The van der Waals surface area contributed by atoms with E-state index in [2.05, 4.69) is 216 Å². The topological polar surface area (TPSA) is 60.9 Å². The zero-order valence-corrected chi connectivity index (χ0v) is 43.8. The molecule has 0 unspecified atom stereocenters. The van der Waals surface area contributed by atoms with Gasteiger partial charge in [0.25, 0.3) is 0 Å². The van der Waals surface area contributed by atoms with Crippen molar-refractivity contribution in [2.24, 2.45) is 0 Å². The maximum atomic E-state index is 10.1. The summed E-state index contributed by atoms with van der Waals surface area (Å²) in [5.41, 5.74) is 15.2. The van der Waals surface area contributed by atoms with Crippen molar-refractivity contribution in [2.75, 3.05) is 9.80 Å². The van der Waals surface area contributed by atoms with E-state index in [1.165, 1.54) is 0 Å². The van der Waals surface area contributed by atoms with Crippen LogP contribution in [0.25, 0.3) is 125 Å². The molecule has 0 saturated carbocycles. The molecule has 81 heavy (non-hydrogen) atoms. The summed E-state index contributed by atoms with van der Waals surface area (Å²) in [5, 5.41) is 25.4. The van der Waals surface area contributed by atoms with Crippen molar-refractivity contribution in [2.45, 2.75) is 6.92 Å². The van der Waals surface area contributed by atoms with Gasteiger partial charge in [-0.05, 0) is 146 Å². The van der Waals surface area contributed by atoms with Gasteiger partial charge < -0.3 is 18.6 Å². The fraction of sp³-hybridized carbons (Fsp3) is 0.0133. The number of rotatable bonds is 8. The molecule has 14 aromatic carbocycles. The van der Waals surface area contributed by atoms with Crippen molar-refractivity contribution >= 4 is 138 Å². The molecule has 6 nitrogen and oxygen atoms in total. The number of nitrogens with zero attached hydrogens (tertiary/aromatic N) is 4. The van der Waals surface area contributed by atoms with Gasteiger partial charge in [-0.15, -0.1) is 0 Å². The minimum Gasteiger partial charge on any atom is -0.453 e. The van der Waals surface area contributed by atoms with Gasteiger partial charge in [0, 0.05) is 54.8 Å². The minimum absolute atomic E-state index is 0.563. The third-order valence-electron chi connectivity index (χ3n) is 16.5. The number of fused-ring (bicyclic) bond motifs is 10. The Morgan fingerprint density at radius 1 is 0.370 bits per heavy atom. The molecule has 376 valence electrons. The average Bonchev–Trinajstić information content (AvgIpc) is 4.29. The third-order valence-corrected chi connectivity index (χ3v) is 16.5. The lowest BCUT2D eigenvalue weighted by Crippen LogP contribution is -2.12. The molecular weight excluding hydrogens is 989 g/mol. The zero-order valence-electron chi connectivity index (χ0n) is 43.8. The Kier molecular flexibility index (Phi) is 10.2. The maximum Gasteiger partial charge on any atom is 0.187 e. The number of furan rings is 2. The minimum atomic E-state index is 0.563. The van der Waals surface area contributed by atoms with Crippen LogP contribution in [0.15, 0.2) is 258 Å². The van der Waals surface area contributed by atoms with Crippen molar-refractivity contribution in [1.82, 2.24) is 0 Å². The van der Waals surface area contributed by atoms with Gasteiger partial charge in [0.1, 0.15) is 11.2 Å². The van der Waals surface area contributed by atoms with Crippen LogP contribution in [0.4, 0.5) is 39.8 Å². The van der Waals surface area contributed by atoms with E-state index in [1.54, 1.807) is 0 Å². The first-order valence-electron chi connectivity index (χ1n) is 27.1. The Morgan fingerprint density at radius 2 is 0.852 bits per heavy atom. The van der Waals surface area contributed by atoms with E-state index in [1.807, 2.05) is 60.7 Å². The zero-order chi connectivity index (χ0) is 53.9. The average molecular weight is 1030 g/mol. The van der Waals surface area contributed by atoms with Crippen LogP contribution < -0.4 is 9.80 Å². The summed E-state index contributed by atoms with van der Waals surface area (Å²) in [6, 6.07) is 89.4. The van der Waals surface area contributed by atoms with Crippen LogP contribution in [0.2, 0.25) is 0 Å². The summed E-state index contributed by atoms with van der Waals surface area (Å²) in [7, 11) is 0. The number of anilines is 6. The van der Waals surface area contributed by atoms with Crippen LogP contribution in [0.5, 0.6) is 0 Å². The Bertz CT molecular complexity index is 5320. The molecule has 0 aliphatic carbocycles. The number of aryl methyl sites for hydroxylation is 1. The Labute approximate surface area is 465 Å². The van der Waals surface area contributed by atoms with Gasteiger partial charge in [-0.1, -0.05) is 170 Å². The molecule has 0 bridgehead atoms. The molecule has 0 amide bonds. The highest BCUT2D eigenvalue weighted by atomic mass is 16.3. The van der Waals surface area contributed by atoms with Crippen molar-refractivity contribution in [3.8, 4) is 28.3 Å². The Hall–Kier alpha value is -11.2. The smallest absolute Gasteiger partial charge is 0.187 e. The fourth-order valence-corrected chi connectivity index (χ4v) is 12.9. The Morgan fingerprint density at radius 3 is 1.41 bits per heavy atom. The molecule has 0 radical (unpaired) electrons. The lowest BCUT2D eigenvalue weighted by molar-refractivity contribution is 0.670. The first kappa shape index (κ1) is 46.0. The molecular formula is C75H44N4O2. The summed E-state index contributed by atoms with van der Waals surface area (Å²) in [4.78, 5) is 8.42. The number of nitriles is 1. The SMILES string of the molecule is [C-]#[N+]c1ccc(N(c2ccc3c(C)cc4c(N(c5ccc(C#N)cc5)c5cccc6c5oc5c(-c7ccccc7)cc7ccccc7c56)ccc5ccc2c3c54)c2cccc3c2oc2c(-c4ccccc4)cc4ccccc4c23)cc1. The van der Waals surface area contributed by atoms with Crippen LogP contribution in [0.3, 0.4) is 0 Å².